The molecular weight excluding hydrogens is 1770 g/mol. The van der Waals surface area contributed by atoms with E-state index in [1.54, 1.807) is 5.57 Å². The van der Waals surface area contributed by atoms with Crippen molar-refractivity contribution >= 4 is 77.4 Å². The minimum atomic E-state index is -1.35. The van der Waals surface area contributed by atoms with Crippen LogP contribution in [0.5, 0.6) is 0 Å². The molecule has 21 atom stereocenters. The van der Waals surface area contributed by atoms with E-state index in [2.05, 4.69) is 77.9 Å². The van der Waals surface area contributed by atoms with Gasteiger partial charge in [-0.3, -0.25) is 57.5 Å². The zero-order valence-electron chi connectivity index (χ0n) is 83.9. The predicted octanol–water partition coefficient (Wildman–Crippen LogP) is 11.9. The van der Waals surface area contributed by atoms with Gasteiger partial charge in [0.05, 0.1) is 38.1 Å². The Bertz CT molecular complexity index is 3990. The third kappa shape index (κ3) is 37.8. The molecule has 4 saturated carbocycles. The first kappa shape index (κ1) is 114. The van der Waals surface area contributed by atoms with Crippen molar-refractivity contribution in [3.05, 3.63) is 47.5 Å². The Morgan fingerprint density at radius 1 is 0.438 bits per heavy atom. The van der Waals surface area contributed by atoms with Crippen molar-refractivity contribution in [2.24, 2.45) is 46.3 Å². The van der Waals surface area contributed by atoms with Gasteiger partial charge in [0.2, 0.25) is 35.4 Å². The molecule has 1 aromatic carbocycles. The fourth-order valence-electron chi connectivity index (χ4n) is 21.8. The van der Waals surface area contributed by atoms with Gasteiger partial charge in [-0.15, -0.1) is 0 Å². The fraction of sp³-hybridized carbons (Fsp3) is 0.794. The van der Waals surface area contributed by atoms with Gasteiger partial charge in [-0.2, -0.15) is 0 Å². The summed E-state index contributed by atoms with van der Waals surface area (Å²) in [5, 5.41) is 20.0. The SMILES string of the molecule is CC(=O)NC1C(OCCCCC(=O)NCCCNC(=O)CCOC[C@@]2(NC(=O)OCc3ccccc3)C(OCCCCCCCCCCO[C@@H]3C=C4CC[C@H]5[C@@H]6CC[C@H]([C@H](C)CCCC(C)C)[C@@]6(C)CC[C@@H]5[C@@]4(C)CC3)CCCC2OCCC(=O)NCCCNC(=O)CCCCOC2OC(COC(C)=O)C(OC(C)=O)C(OC(C)=O)C2NC(C)=O)OC(COC(C)=O)C(OC(C)=O)C1OC(C)=O. The molecule has 7 amide bonds. The van der Waals surface area contributed by atoms with Crippen LogP contribution in [0.25, 0.3) is 0 Å². The van der Waals surface area contributed by atoms with Crippen molar-refractivity contribution in [1.29, 1.82) is 0 Å². The molecule has 8 rings (SSSR count). The van der Waals surface area contributed by atoms with Crippen LogP contribution in [0.4, 0.5) is 4.79 Å². The second-order valence-electron chi connectivity index (χ2n) is 39.5. The minimum absolute atomic E-state index is 0.0289. The summed E-state index contributed by atoms with van der Waals surface area (Å²) in [7, 11) is 0. The van der Waals surface area contributed by atoms with Gasteiger partial charge >= 0.3 is 41.9 Å². The van der Waals surface area contributed by atoms with Crippen molar-refractivity contribution in [3.8, 4) is 0 Å². The number of allylic oxidation sites excluding steroid dienone is 1. The first-order valence-corrected chi connectivity index (χ1v) is 50.8. The molecule has 6 fully saturated rings. The average Bonchev–Trinajstić information content (AvgIpc) is 1.56. The largest absolute Gasteiger partial charge is 0.463 e. The molecule has 0 bridgehead atoms. The molecule has 35 heteroatoms. The minimum Gasteiger partial charge on any atom is -0.463 e. The molecule has 2 aliphatic heterocycles. The first-order chi connectivity index (χ1) is 65.6. The van der Waals surface area contributed by atoms with Gasteiger partial charge in [0.25, 0.3) is 0 Å². The lowest BCUT2D eigenvalue weighted by Crippen LogP contribution is -2.69. The van der Waals surface area contributed by atoms with Crippen molar-refractivity contribution < 1.29 is 133 Å². The summed E-state index contributed by atoms with van der Waals surface area (Å²) in [6.07, 6.45) is 17.8. The van der Waals surface area contributed by atoms with Crippen LogP contribution in [0.2, 0.25) is 0 Å². The van der Waals surface area contributed by atoms with Crippen LogP contribution in [-0.4, -0.2) is 248 Å². The Labute approximate surface area is 810 Å². The van der Waals surface area contributed by atoms with Gasteiger partial charge in [-0.25, -0.2) is 4.79 Å². The normalized spacial score (nSPS) is 27.9. The number of amides is 7. The summed E-state index contributed by atoms with van der Waals surface area (Å²) in [4.78, 5) is 165. The average molecular weight is 1940 g/mol. The Balaban J connectivity index is 0.798. The topological polar surface area (TPSA) is 445 Å². The summed E-state index contributed by atoms with van der Waals surface area (Å²) in [5.74, 6) is -1.40. The molecule has 0 aromatic heterocycles. The number of hydrogen-bond donors (Lipinski definition) is 7. The van der Waals surface area contributed by atoms with Crippen LogP contribution < -0.4 is 37.2 Å². The van der Waals surface area contributed by atoms with Crippen LogP contribution in [0.3, 0.4) is 0 Å². The fourth-order valence-corrected chi connectivity index (χ4v) is 21.8. The van der Waals surface area contributed by atoms with E-state index in [0.717, 1.165) is 133 Å². The Morgan fingerprint density at radius 3 is 1.40 bits per heavy atom. The van der Waals surface area contributed by atoms with E-state index in [1.807, 2.05) is 30.3 Å². The lowest BCUT2D eigenvalue weighted by molar-refractivity contribution is -0.277. The monoisotopic (exact) mass is 1930 g/mol. The van der Waals surface area contributed by atoms with E-state index in [1.165, 1.54) is 91.9 Å². The summed E-state index contributed by atoms with van der Waals surface area (Å²) in [6.45, 7) is 23.2. The summed E-state index contributed by atoms with van der Waals surface area (Å²) in [5.41, 5.74) is 1.91. The van der Waals surface area contributed by atoms with Crippen LogP contribution >= 0.6 is 0 Å². The molecule has 0 spiro atoms. The molecule has 0 radical (unpaired) electrons. The van der Waals surface area contributed by atoms with Gasteiger partial charge in [0, 0.05) is 134 Å². The highest BCUT2D eigenvalue weighted by Gasteiger charge is 2.61. The quantitative estimate of drug-likeness (QED) is 0.0138. The Kier molecular flexibility index (Phi) is 49.3. The molecule has 5 aliphatic carbocycles. The molecule has 35 nitrogen and oxygen atoms in total. The number of esters is 6. The van der Waals surface area contributed by atoms with E-state index in [-0.39, 0.29) is 134 Å². The maximum absolute atomic E-state index is 14.3. The van der Waals surface area contributed by atoms with E-state index in [0.29, 0.717) is 75.2 Å². The summed E-state index contributed by atoms with van der Waals surface area (Å²) in [6, 6.07) is 6.99. The van der Waals surface area contributed by atoms with Crippen molar-refractivity contribution in [2.75, 3.05) is 85.6 Å². The van der Waals surface area contributed by atoms with Gasteiger partial charge < -0.3 is 108 Å². The molecule has 7 aliphatic rings. The number of fused-ring (bicyclic) bond motifs is 5. The van der Waals surface area contributed by atoms with E-state index < -0.39 is 133 Å². The van der Waals surface area contributed by atoms with E-state index >= 15 is 0 Å². The standard InChI is InChI=1S/C102H163N7O28/c1-66(2)33-29-34-67(3)80-43-44-81-79-42-41-77-61-78(45-49-100(77,12)82(79)46-50-101(80,81)13)124-55-25-18-16-14-15-17-19-26-56-125-85-37-30-38-86(126-60-48-90(121)106-54-32-52-104-88(119)40-24-28-58-128-98-92(108-69(5)111)96(135-75(11)117)94(133-73(9)115)84(137-98)64-130-71(7)113)102(85,109-99(122)131-62-76-35-21-20-22-36-76)65-123-59-47-89(120)105-53-31-51-103-87(118)39-23-27-57-127-97-91(107-68(4)110)95(134-74(10)116)93(132-72(8)114)83(136-97)63-129-70(6)112/h20-22,35-36,61,66-67,78-86,91-98H,14-19,23-34,37-60,62-65H2,1-13H3,(H,103,118)(H,104,119)(H,105,120)(H,106,121)(H,107,110)(H,108,111)(H,109,122)/t67-,78+,79+,80-,81+,82+,83?,84?,85?,86?,91?,92?,93?,94?,95?,96?,97?,98?,100+,101-,102-/m1/s1. The van der Waals surface area contributed by atoms with Gasteiger partial charge in [-0.05, 0) is 174 Å². The summed E-state index contributed by atoms with van der Waals surface area (Å²) < 4.78 is 89.0. The zero-order chi connectivity index (χ0) is 99.5. The number of unbranched alkanes of at least 4 members (excludes halogenated alkanes) is 9. The highest BCUT2D eigenvalue weighted by atomic mass is 16.7. The Morgan fingerprint density at radius 2 is 0.905 bits per heavy atom. The molecule has 137 heavy (non-hydrogen) atoms. The van der Waals surface area contributed by atoms with E-state index in [4.69, 9.17) is 71.1 Å². The smallest absolute Gasteiger partial charge is 0.408 e. The number of rotatable bonds is 60. The number of hydrogen-bond acceptors (Lipinski definition) is 28. The lowest BCUT2D eigenvalue weighted by atomic mass is 9.46. The molecule has 774 valence electrons. The van der Waals surface area contributed by atoms with Crippen LogP contribution in [0.1, 0.15) is 301 Å². The predicted molar refractivity (Wildman–Crippen MR) is 504 cm³/mol. The van der Waals surface area contributed by atoms with Crippen molar-refractivity contribution in [2.45, 2.75) is 387 Å². The number of carbonyl (C=O) groups excluding carboxylic acids is 13. The number of nitrogens with one attached hydrogen (secondary N) is 7. The molecule has 12 unspecified atom stereocenters. The molecule has 7 N–H and O–H groups in total. The van der Waals surface area contributed by atoms with Crippen LogP contribution in [0.15, 0.2) is 42.0 Å². The lowest BCUT2D eigenvalue weighted by Gasteiger charge is -2.59. The summed E-state index contributed by atoms with van der Waals surface area (Å²) >= 11 is 0. The number of carbonyl (C=O) groups is 13. The first-order valence-electron chi connectivity index (χ1n) is 50.8. The van der Waals surface area contributed by atoms with Gasteiger partial charge in [0.15, 0.2) is 37.0 Å². The second-order valence-corrected chi connectivity index (χ2v) is 39.5. The molecule has 1 aromatic rings. The van der Waals surface area contributed by atoms with Crippen molar-refractivity contribution in [3.63, 3.8) is 0 Å². The molecule has 2 heterocycles. The number of alkyl carbamates (subject to hydrolysis) is 1. The third-order valence-corrected chi connectivity index (χ3v) is 28.4. The van der Waals surface area contributed by atoms with Gasteiger partial charge in [0.1, 0.15) is 49.7 Å². The maximum Gasteiger partial charge on any atom is 0.408 e. The number of benzene rings is 1. The number of ether oxygens (including phenoxy) is 15. The molecular formula is C102H163N7O28. The highest BCUT2D eigenvalue weighted by molar-refractivity contribution is 5.78. The molecule has 2 saturated heterocycles. The zero-order valence-corrected chi connectivity index (χ0v) is 83.9. The highest BCUT2D eigenvalue weighted by Crippen LogP contribution is 2.68. The third-order valence-electron chi connectivity index (χ3n) is 28.4. The Hall–Kier alpha value is -8.45. The van der Waals surface area contributed by atoms with Crippen LogP contribution in [-0.2, 0) is 135 Å². The van der Waals surface area contributed by atoms with E-state index in [9.17, 15) is 62.3 Å². The van der Waals surface area contributed by atoms with Crippen molar-refractivity contribution in [1.82, 2.24) is 37.2 Å². The van der Waals surface area contributed by atoms with Crippen LogP contribution in [0, 0.1) is 46.3 Å². The second kappa shape index (κ2) is 59.3. The van der Waals surface area contributed by atoms with Gasteiger partial charge in [-0.1, -0.05) is 134 Å². The maximum atomic E-state index is 14.3.